The zero-order chi connectivity index (χ0) is 11.6. The van der Waals surface area contributed by atoms with Gasteiger partial charge >= 0.3 is 0 Å². The molecule has 0 saturated heterocycles. The average molecular weight is 198 g/mol. The summed E-state index contributed by atoms with van der Waals surface area (Å²) in [6.45, 7) is 14.8. The summed E-state index contributed by atoms with van der Waals surface area (Å²) in [7, 11) is 0. The summed E-state index contributed by atoms with van der Waals surface area (Å²) >= 11 is 0. The van der Waals surface area contributed by atoms with Crippen LogP contribution in [0.15, 0.2) is 12.3 Å². The van der Waals surface area contributed by atoms with E-state index in [1.165, 1.54) is 5.69 Å². The van der Waals surface area contributed by atoms with Gasteiger partial charge in [-0.1, -0.05) is 48.5 Å². The lowest BCUT2D eigenvalue weighted by Crippen LogP contribution is -1.85. The molecule has 0 atom stereocenters. The molecule has 0 amide bonds. The summed E-state index contributed by atoms with van der Waals surface area (Å²) in [6.07, 6.45) is 1.77. The Kier molecular flexibility index (Phi) is 11.5. The Morgan fingerprint density at radius 2 is 1.50 bits per heavy atom. The number of aromatic amines is 1. The maximum Gasteiger partial charge on any atom is 0.0490 e. The fraction of sp³-hybridized carbons (Fsp3) is 0.750. The Bertz CT molecular complexity index is 173. The van der Waals surface area contributed by atoms with E-state index in [1.54, 1.807) is 6.20 Å². The van der Waals surface area contributed by atoms with Crippen LogP contribution in [0.3, 0.4) is 0 Å². The van der Waals surface area contributed by atoms with Crippen LogP contribution in [0.25, 0.3) is 0 Å². The van der Waals surface area contributed by atoms with E-state index in [0.717, 1.165) is 5.92 Å². The van der Waals surface area contributed by atoms with E-state index >= 15 is 0 Å². The van der Waals surface area contributed by atoms with Crippen molar-refractivity contribution in [3.05, 3.63) is 18.0 Å². The maximum atomic E-state index is 3.82. The second-order valence-corrected chi connectivity index (χ2v) is 3.90. The first-order chi connectivity index (χ1) is 6.54. The number of hydrogen-bond acceptors (Lipinski definition) is 1. The topological polar surface area (TPSA) is 28.7 Å². The molecule has 1 rings (SSSR count). The molecule has 0 aliphatic carbocycles. The number of hydrogen-bond donors (Lipinski definition) is 1. The van der Waals surface area contributed by atoms with Crippen LogP contribution in [-0.4, -0.2) is 10.2 Å². The maximum absolute atomic E-state index is 3.82. The first-order valence-corrected chi connectivity index (χ1v) is 5.53. The van der Waals surface area contributed by atoms with Crippen LogP contribution < -0.4 is 0 Å². The highest BCUT2D eigenvalue weighted by atomic mass is 15.1. The van der Waals surface area contributed by atoms with E-state index in [-0.39, 0.29) is 0 Å². The molecule has 0 bridgehead atoms. The molecule has 0 aliphatic heterocycles. The number of H-pyrrole nitrogens is 1. The minimum atomic E-state index is 0.567. The van der Waals surface area contributed by atoms with E-state index in [0.29, 0.717) is 5.92 Å². The Morgan fingerprint density at radius 1 is 1.07 bits per heavy atom. The van der Waals surface area contributed by atoms with Gasteiger partial charge in [0.2, 0.25) is 0 Å². The summed E-state index contributed by atoms with van der Waals surface area (Å²) in [6, 6.07) is 1.99. The molecular formula is C12H26N2. The van der Waals surface area contributed by atoms with Gasteiger partial charge in [-0.3, -0.25) is 5.10 Å². The van der Waals surface area contributed by atoms with Crippen molar-refractivity contribution in [1.29, 1.82) is 0 Å². The zero-order valence-electron chi connectivity index (χ0n) is 10.8. The zero-order valence-corrected chi connectivity index (χ0v) is 10.8. The molecule has 1 aromatic heterocycles. The van der Waals surface area contributed by atoms with Gasteiger partial charge in [0.05, 0.1) is 0 Å². The molecule has 1 aromatic rings. The number of nitrogens with one attached hydrogen (secondary N) is 1. The molecular weight excluding hydrogens is 172 g/mol. The molecule has 0 fully saturated rings. The highest BCUT2D eigenvalue weighted by Crippen LogP contribution is 2.07. The molecule has 0 saturated carbocycles. The third-order valence-corrected chi connectivity index (χ3v) is 1.14. The lowest BCUT2D eigenvalue weighted by Gasteiger charge is -1.95. The first kappa shape index (κ1) is 15.7. The lowest BCUT2D eigenvalue weighted by atomic mass is 10.1. The molecule has 2 heteroatoms. The fourth-order valence-electron chi connectivity index (χ4n) is 0.588. The van der Waals surface area contributed by atoms with Crippen molar-refractivity contribution in [2.45, 2.75) is 54.4 Å². The summed E-state index contributed by atoms with van der Waals surface area (Å²) in [5.41, 5.74) is 1.20. The molecule has 84 valence electrons. The molecule has 0 aliphatic rings. The van der Waals surface area contributed by atoms with E-state index in [4.69, 9.17) is 0 Å². The van der Waals surface area contributed by atoms with Gasteiger partial charge in [0.25, 0.3) is 0 Å². The molecule has 1 heterocycles. The van der Waals surface area contributed by atoms with E-state index < -0.39 is 0 Å². The van der Waals surface area contributed by atoms with Gasteiger partial charge in [0.15, 0.2) is 0 Å². The Hall–Kier alpha value is -0.790. The fourth-order valence-corrected chi connectivity index (χ4v) is 0.588. The third-order valence-electron chi connectivity index (χ3n) is 1.14. The average Bonchev–Trinajstić information content (AvgIpc) is 2.58. The summed E-state index contributed by atoms with van der Waals surface area (Å²) < 4.78 is 0. The van der Waals surface area contributed by atoms with Crippen molar-refractivity contribution in [1.82, 2.24) is 10.2 Å². The van der Waals surface area contributed by atoms with E-state index in [2.05, 4.69) is 44.8 Å². The second kappa shape index (κ2) is 10.3. The lowest BCUT2D eigenvalue weighted by molar-refractivity contribution is 0.737. The molecule has 1 N–H and O–H groups in total. The van der Waals surface area contributed by atoms with Crippen LogP contribution in [0.2, 0.25) is 0 Å². The minimum Gasteiger partial charge on any atom is -0.282 e. The standard InChI is InChI=1S/C6H10N2.C4H10.C2H6/c1-5(2)6-3-4-7-8-6;1-4(2)3;1-2/h3-5H,1-2H3,(H,7,8);4H,1-3H3;1-2H3. The minimum absolute atomic E-state index is 0.567. The SMILES string of the molecule is CC.CC(C)C.CC(C)c1ccn[nH]1. The van der Waals surface area contributed by atoms with Crippen molar-refractivity contribution in [3.63, 3.8) is 0 Å². The van der Waals surface area contributed by atoms with Gasteiger partial charge in [-0.25, -0.2) is 0 Å². The van der Waals surface area contributed by atoms with Crippen LogP contribution in [0.5, 0.6) is 0 Å². The first-order valence-electron chi connectivity index (χ1n) is 5.53. The van der Waals surface area contributed by atoms with E-state index in [9.17, 15) is 0 Å². The molecule has 0 spiro atoms. The number of rotatable bonds is 1. The molecule has 0 unspecified atom stereocenters. The van der Waals surface area contributed by atoms with Crippen molar-refractivity contribution >= 4 is 0 Å². The molecule has 0 radical (unpaired) electrons. The van der Waals surface area contributed by atoms with Crippen molar-refractivity contribution in [3.8, 4) is 0 Å². The normalized spacial score (nSPS) is 8.93. The van der Waals surface area contributed by atoms with Gasteiger partial charge < -0.3 is 0 Å². The molecule has 0 aromatic carbocycles. The van der Waals surface area contributed by atoms with Crippen molar-refractivity contribution in [2.24, 2.45) is 5.92 Å². The van der Waals surface area contributed by atoms with Crippen LogP contribution in [-0.2, 0) is 0 Å². The Morgan fingerprint density at radius 3 is 1.64 bits per heavy atom. The monoisotopic (exact) mass is 198 g/mol. The summed E-state index contributed by atoms with van der Waals surface area (Å²) in [5.74, 6) is 1.40. The third kappa shape index (κ3) is 11.2. The Labute approximate surface area is 89.1 Å². The van der Waals surface area contributed by atoms with Gasteiger partial charge in [-0.15, -0.1) is 0 Å². The number of nitrogens with zero attached hydrogens (tertiary/aromatic N) is 1. The van der Waals surface area contributed by atoms with Crippen LogP contribution in [0.1, 0.15) is 60.1 Å². The van der Waals surface area contributed by atoms with Crippen molar-refractivity contribution in [2.75, 3.05) is 0 Å². The predicted molar refractivity (Wildman–Crippen MR) is 64.5 cm³/mol. The second-order valence-electron chi connectivity index (χ2n) is 3.90. The van der Waals surface area contributed by atoms with Crippen LogP contribution in [0, 0.1) is 5.92 Å². The van der Waals surface area contributed by atoms with Gasteiger partial charge in [0.1, 0.15) is 0 Å². The largest absolute Gasteiger partial charge is 0.282 e. The quantitative estimate of drug-likeness (QED) is 0.719. The summed E-state index contributed by atoms with van der Waals surface area (Å²) in [4.78, 5) is 0. The number of aromatic nitrogens is 2. The van der Waals surface area contributed by atoms with Crippen molar-refractivity contribution < 1.29 is 0 Å². The van der Waals surface area contributed by atoms with E-state index in [1.807, 2.05) is 19.9 Å². The van der Waals surface area contributed by atoms with Gasteiger partial charge in [0, 0.05) is 11.9 Å². The van der Waals surface area contributed by atoms with Crippen LogP contribution >= 0.6 is 0 Å². The Balaban J connectivity index is 0. The predicted octanol–water partition coefficient (Wildman–Crippen LogP) is 4.22. The van der Waals surface area contributed by atoms with Crippen LogP contribution in [0.4, 0.5) is 0 Å². The molecule has 14 heavy (non-hydrogen) atoms. The van der Waals surface area contributed by atoms with Gasteiger partial charge in [-0.2, -0.15) is 5.10 Å². The summed E-state index contributed by atoms with van der Waals surface area (Å²) in [5, 5.41) is 6.70. The highest BCUT2D eigenvalue weighted by Gasteiger charge is 1.95. The highest BCUT2D eigenvalue weighted by molar-refractivity contribution is 5.01. The smallest absolute Gasteiger partial charge is 0.0490 e. The van der Waals surface area contributed by atoms with Gasteiger partial charge in [-0.05, 0) is 17.9 Å². The molecule has 2 nitrogen and oxygen atoms in total.